The Morgan fingerprint density at radius 3 is 2.75 bits per heavy atom. The predicted octanol–water partition coefficient (Wildman–Crippen LogP) is 4.49. The molecule has 1 heterocycles. The van der Waals surface area contributed by atoms with Gasteiger partial charge in [-0.05, 0) is 48.9 Å². The van der Waals surface area contributed by atoms with Gasteiger partial charge < -0.3 is 9.64 Å². The second-order valence-corrected chi connectivity index (χ2v) is 6.46. The number of hydrogen-bond donors (Lipinski definition) is 1. The monoisotopic (exact) mass is 344 g/mol. The van der Waals surface area contributed by atoms with E-state index in [1.807, 2.05) is 24.3 Å². The molecule has 1 N–H and O–H groups in total. The number of nitrogens with one attached hydrogen (secondary N) is 1. The molecular weight excluding hydrogens is 324 g/mol. The van der Waals surface area contributed by atoms with Crippen LogP contribution in [0.4, 0.5) is 10.5 Å². The molecule has 1 amide bonds. The van der Waals surface area contributed by atoms with Gasteiger partial charge in [0.1, 0.15) is 0 Å². The number of rotatable bonds is 3. The molecule has 0 bridgehead atoms. The number of ether oxygens (including phenoxy) is 1. The van der Waals surface area contributed by atoms with E-state index in [1.165, 1.54) is 11.1 Å². The Hall–Kier alpha value is -2.04. The fourth-order valence-corrected chi connectivity index (χ4v) is 3.35. The van der Waals surface area contributed by atoms with Crippen molar-refractivity contribution in [1.82, 2.24) is 4.90 Å². The highest BCUT2D eigenvalue weighted by atomic mass is 35.5. The van der Waals surface area contributed by atoms with E-state index < -0.39 is 6.09 Å². The number of anilines is 1. The first-order valence-corrected chi connectivity index (χ1v) is 8.46. The summed E-state index contributed by atoms with van der Waals surface area (Å²) >= 11 is 6.02. The number of halogens is 1. The van der Waals surface area contributed by atoms with Crippen molar-refractivity contribution >= 4 is 23.4 Å². The summed E-state index contributed by atoms with van der Waals surface area (Å²) in [6.45, 7) is 3.87. The molecule has 1 atom stereocenters. The van der Waals surface area contributed by atoms with Crippen LogP contribution in [0.2, 0.25) is 5.02 Å². The summed E-state index contributed by atoms with van der Waals surface area (Å²) < 4.78 is 5.01. The lowest BCUT2D eigenvalue weighted by atomic mass is 9.84. The molecule has 1 aliphatic rings. The molecule has 24 heavy (non-hydrogen) atoms. The normalized spacial score (nSPS) is 17.2. The Bertz CT molecular complexity index is 731. The molecule has 3 rings (SSSR count). The minimum absolute atomic E-state index is 0.250. The molecule has 0 saturated heterocycles. The van der Waals surface area contributed by atoms with Crippen LogP contribution in [-0.4, -0.2) is 31.2 Å². The zero-order valence-corrected chi connectivity index (χ0v) is 14.6. The molecule has 0 fully saturated rings. The van der Waals surface area contributed by atoms with Crippen molar-refractivity contribution in [1.29, 1.82) is 0 Å². The maximum absolute atomic E-state index is 11.8. The summed E-state index contributed by atoms with van der Waals surface area (Å²) in [6.07, 6.45) is -0.415. The third-order valence-corrected chi connectivity index (χ3v) is 4.55. The smallest absolute Gasteiger partial charge is 0.411 e. The van der Waals surface area contributed by atoms with Gasteiger partial charge in [-0.15, -0.1) is 0 Å². The molecular formula is C19H21ClN2O2. The van der Waals surface area contributed by atoms with Crippen LogP contribution in [0.15, 0.2) is 42.5 Å². The zero-order chi connectivity index (χ0) is 17.1. The largest absolute Gasteiger partial charge is 0.450 e. The van der Waals surface area contributed by atoms with Crippen LogP contribution in [0.1, 0.15) is 29.5 Å². The highest BCUT2D eigenvalue weighted by molar-refractivity contribution is 6.30. The maximum Gasteiger partial charge on any atom is 0.411 e. The van der Waals surface area contributed by atoms with E-state index in [2.05, 4.69) is 35.5 Å². The number of likely N-dealkylation sites (N-methyl/N-ethyl adjacent to an activating group) is 1. The highest BCUT2D eigenvalue weighted by Crippen LogP contribution is 2.36. The summed E-state index contributed by atoms with van der Waals surface area (Å²) in [4.78, 5) is 14.1. The first-order chi connectivity index (χ1) is 11.6. The molecule has 5 heteroatoms. The van der Waals surface area contributed by atoms with Gasteiger partial charge in [0.15, 0.2) is 0 Å². The molecule has 0 saturated carbocycles. The van der Waals surface area contributed by atoms with Crippen LogP contribution >= 0.6 is 11.6 Å². The zero-order valence-electron chi connectivity index (χ0n) is 13.9. The minimum atomic E-state index is -0.415. The fourth-order valence-electron chi connectivity index (χ4n) is 3.23. The lowest BCUT2D eigenvalue weighted by Crippen LogP contribution is -2.32. The van der Waals surface area contributed by atoms with E-state index in [9.17, 15) is 4.79 Å². The highest BCUT2D eigenvalue weighted by Gasteiger charge is 2.27. The molecule has 0 spiro atoms. The number of fused-ring (bicyclic) bond motifs is 1. The van der Waals surface area contributed by atoms with Crippen molar-refractivity contribution in [2.45, 2.75) is 19.4 Å². The molecule has 0 unspecified atom stereocenters. The van der Waals surface area contributed by atoms with E-state index in [-0.39, 0.29) is 5.92 Å². The Morgan fingerprint density at radius 2 is 2.04 bits per heavy atom. The lowest BCUT2D eigenvalue weighted by Gasteiger charge is -2.34. The second-order valence-electron chi connectivity index (χ2n) is 6.02. The number of benzene rings is 2. The van der Waals surface area contributed by atoms with Gasteiger partial charge in [0.2, 0.25) is 0 Å². The molecule has 1 aliphatic heterocycles. The molecule has 2 aromatic carbocycles. The average molecular weight is 345 g/mol. The topological polar surface area (TPSA) is 41.6 Å². The van der Waals surface area contributed by atoms with E-state index in [4.69, 9.17) is 16.3 Å². The summed E-state index contributed by atoms with van der Waals surface area (Å²) in [6, 6.07) is 14.0. The van der Waals surface area contributed by atoms with Crippen LogP contribution in [0, 0.1) is 0 Å². The standard InChI is InChI=1S/C19H21ClN2O2/c1-3-24-19(23)21-18-6-4-5-15-16(11-22(2)12-17(15)18)13-7-9-14(20)10-8-13/h4-10,16H,3,11-12H2,1-2H3,(H,21,23)/t16-/m1/s1. The molecule has 126 valence electrons. The molecule has 2 aromatic rings. The van der Waals surface area contributed by atoms with Crippen molar-refractivity contribution in [3.8, 4) is 0 Å². The van der Waals surface area contributed by atoms with Gasteiger partial charge in [0.05, 0.1) is 6.61 Å². The van der Waals surface area contributed by atoms with Gasteiger partial charge >= 0.3 is 6.09 Å². The summed E-state index contributed by atoms with van der Waals surface area (Å²) in [5.41, 5.74) is 4.42. The number of nitrogens with zero attached hydrogens (tertiary/aromatic N) is 1. The van der Waals surface area contributed by atoms with Crippen LogP contribution in [0.5, 0.6) is 0 Å². The number of amides is 1. The van der Waals surface area contributed by atoms with E-state index >= 15 is 0 Å². The Morgan fingerprint density at radius 1 is 1.29 bits per heavy atom. The summed E-state index contributed by atoms with van der Waals surface area (Å²) in [7, 11) is 2.09. The molecule has 4 nitrogen and oxygen atoms in total. The number of carbonyl (C=O) groups excluding carboxylic acids is 1. The molecule has 0 aromatic heterocycles. The van der Waals surface area contributed by atoms with Gasteiger partial charge in [-0.1, -0.05) is 35.9 Å². The lowest BCUT2D eigenvalue weighted by molar-refractivity contribution is 0.168. The molecule has 0 aliphatic carbocycles. The Kier molecular flexibility index (Phi) is 5.07. The van der Waals surface area contributed by atoms with Crippen molar-refractivity contribution in [2.24, 2.45) is 0 Å². The van der Waals surface area contributed by atoms with E-state index in [0.29, 0.717) is 6.61 Å². The van der Waals surface area contributed by atoms with Crippen molar-refractivity contribution < 1.29 is 9.53 Å². The van der Waals surface area contributed by atoms with Crippen LogP contribution in [0.25, 0.3) is 0 Å². The van der Waals surface area contributed by atoms with Crippen LogP contribution in [0.3, 0.4) is 0 Å². The van der Waals surface area contributed by atoms with Crippen molar-refractivity contribution in [3.05, 3.63) is 64.2 Å². The first-order valence-electron chi connectivity index (χ1n) is 8.08. The average Bonchev–Trinajstić information content (AvgIpc) is 2.56. The quantitative estimate of drug-likeness (QED) is 0.892. The third kappa shape index (κ3) is 3.55. The van der Waals surface area contributed by atoms with Gasteiger partial charge in [-0.2, -0.15) is 0 Å². The summed E-state index contributed by atoms with van der Waals surface area (Å²) in [5.74, 6) is 0.250. The van der Waals surface area contributed by atoms with Gasteiger partial charge in [-0.3, -0.25) is 5.32 Å². The Labute approximate surface area is 147 Å². The van der Waals surface area contributed by atoms with Gasteiger partial charge in [0.25, 0.3) is 0 Å². The van der Waals surface area contributed by atoms with Crippen LogP contribution in [-0.2, 0) is 11.3 Å². The number of hydrogen-bond acceptors (Lipinski definition) is 3. The van der Waals surface area contributed by atoms with Crippen LogP contribution < -0.4 is 5.32 Å². The first kappa shape index (κ1) is 16.8. The van der Waals surface area contributed by atoms with Gasteiger partial charge in [0, 0.05) is 29.7 Å². The van der Waals surface area contributed by atoms with Crippen molar-refractivity contribution in [3.63, 3.8) is 0 Å². The predicted molar refractivity (Wildman–Crippen MR) is 96.7 cm³/mol. The maximum atomic E-state index is 11.8. The van der Waals surface area contributed by atoms with Gasteiger partial charge in [-0.25, -0.2) is 4.79 Å². The third-order valence-electron chi connectivity index (χ3n) is 4.29. The SMILES string of the molecule is CCOC(=O)Nc1cccc2c1CN(C)C[C@@H]2c1ccc(Cl)cc1. The Balaban J connectivity index is 1.97. The van der Waals surface area contributed by atoms with E-state index in [0.717, 1.165) is 29.4 Å². The fraction of sp³-hybridized carbons (Fsp3) is 0.316. The summed E-state index contributed by atoms with van der Waals surface area (Å²) in [5, 5.41) is 3.60. The second kappa shape index (κ2) is 7.24. The van der Waals surface area contributed by atoms with Crippen molar-refractivity contribution in [2.75, 3.05) is 25.5 Å². The number of carbonyl (C=O) groups is 1. The minimum Gasteiger partial charge on any atom is -0.450 e. The van der Waals surface area contributed by atoms with E-state index in [1.54, 1.807) is 6.92 Å². The molecule has 0 radical (unpaired) electrons.